The van der Waals surface area contributed by atoms with Crippen LogP contribution in [-0.4, -0.2) is 60.4 Å². The van der Waals surface area contributed by atoms with Gasteiger partial charge in [0.15, 0.2) is 0 Å². The first-order chi connectivity index (χ1) is 10.3. The molecule has 2 unspecified atom stereocenters. The summed E-state index contributed by atoms with van der Waals surface area (Å²) < 4.78 is 0. The molecule has 0 aromatic heterocycles. The number of aliphatic carboxylic acids is 2. The van der Waals surface area contributed by atoms with Gasteiger partial charge >= 0.3 is 37.7 Å². The van der Waals surface area contributed by atoms with Gasteiger partial charge in [-0.3, -0.25) is 0 Å². The Balaban J connectivity index is -0.000000333. The molecule has 0 rings (SSSR count). The smallest absolute Gasteiger partial charge is 0.550 e. The predicted octanol–water partition coefficient (Wildman–Crippen LogP) is 2.25. The molecule has 132 valence electrons. The van der Waals surface area contributed by atoms with Crippen LogP contribution in [0.4, 0.5) is 0 Å². The van der Waals surface area contributed by atoms with Gasteiger partial charge in [0.1, 0.15) is 0 Å². The molecule has 7 heteroatoms. The molecule has 0 radical (unpaired) electrons. The summed E-state index contributed by atoms with van der Waals surface area (Å²) in [6, 6.07) is 0. The van der Waals surface area contributed by atoms with E-state index in [-0.39, 0.29) is 61.3 Å². The van der Waals surface area contributed by atoms with Crippen molar-refractivity contribution in [3.05, 3.63) is 0 Å². The fourth-order valence-corrected chi connectivity index (χ4v) is 2.05. The van der Waals surface area contributed by atoms with E-state index in [9.17, 15) is 19.8 Å². The van der Waals surface area contributed by atoms with Crippen molar-refractivity contribution in [2.24, 2.45) is 0 Å². The second kappa shape index (κ2) is 20.8. The molecule has 0 N–H and O–H groups in total. The van der Waals surface area contributed by atoms with Crippen molar-refractivity contribution in [3.8, 4) is 0 Å². The Morgan fingerprint density at radius 3 is 1.26 bits per heavy atom. The molecular weight excluding hydrogens is 367 g/mol. The molecule has 2 atom stereocenters. The Bertz CT molecular complexity index is 259. The molecule has 23 heavy (non-hydrogen) atoms. The van der Waals surface area contributed by atoms with Gasteiger partial charge in [0, 0.05) is 22.7 Å². The average molecular weight is 395 g/mol. The quantitative estimate of drug-likeness (QED) is 0.288. The molecule has 0 fully saturated rings. The van der Waals surface area contributed by atoms with E-state index in [1.165, 1.54) is 0 Å². The maximum atomic E-state index is 9.96. The number of carboxylic acid groups (broad SMARTS) is 2. The van der Waals surface area contributed by atoms with Crippen molar-refractivity contribution in [2.45, 2.75) is 88.8 Å². The normalized spacial score (nSPS) is 12.3. The van der Waals surface area contributed by atoms with Gasteiger partial charge in [-0.15, -0.1) is 23.2 Å². The van der Waals surface area contributed by atoms with Crippen LogP contribution in [0.2, 0.25) is 0 Å². The van der Waals surface area contributed by atoms with Crippen LogP contribution in [-0.2, 0) is 9.59 Å². The molecule has 0 spiro atoms. The number of hydrogen-bond donors (Lipinski definition) is 0. The maximum Gasteiger partial charge on any atom is 2.00 e. The van der Waals surface area contributed by atoms with Crippen LogP contribution >= 0.6 is 23.2 Å². The first-order valence-electron chi connectivity index (χ1n) is 7.93. The molecule has 0 aliphatic heterocycles. The van der Waals surface area contributed by atoms with Crippen LogP contribution in [0.1, 0.15) is 78.1 Å². The van der Waals surface area contributed by atoms with Gasteiger partial charge in [-0.05, 0) is 52.4 Å². The molecule has 0 saturated heterocycles. The van der Waals surface area contributed by atoms with Gasteiger partial charge in [0.05, 0.1) is 0 Å². The SMILES string of the molecule is CC(Cl)CCCCCC(=O)[O-].CC(Cl)CCCCCC(=O)[O-].[Ca+2]. The predicted molar refractivity (Wildman–Crippen MR) is 92.6 cm³/mol. The number of alkyl halides is 2. The second-order valence-corrected chi connectivity index (χ2v) is 6.99. The van der Waals surface area contributed by atoms with E-state index in [2.05, 4.69) is 0 Å². The zero-order valence-electron chi connectivity index (χ0n) is 14.3. The minimum Gasteiger partial charge on any atom is -0.550 e. The summed E-state index contributed by atoms with van der Waals surface area (Å²) in [5.74, 6) is -1.91. The van der Waals surface area contributed by atoms with Gasteiger partial charge in [-0.25, -0.2) is 0 Å². The van der Waals surface area contributed by atoms with Gasteiger partial charge < -0.3 is 19.8 Å². The number of halogens is 2. The number of hydrogen-bond acceptors (Lipinski definition) is 4. The third kappa shape index (κ3) is 34.9. The van der Waals surface area contributed by atoms with Crippen LogP contribution in [0.5, 0.6) is 0 Å². The molecule has 0 saturated carbocycles. The summed E-state index contributed by atoms with van der Waals surface area (Å²) in [5.41, 5.74) is 0. The Labute approximate surface area is 180 Å². The fourth-order valence-electron chi connectivity index (χ4n) is 1.74. The largest absolute Gasteiger partial charge is 2.00 e. The molecule has 0 aliphatic rings. The monoisotopic (exact) mass is 394 g/mol. The van der Waals surface area contributed by atoms with Crippen LogP contribution in [0.3, 0.4) is 0 Å². The second-order valence-electron chi connectivity index (χ2n) is 5.50. The minimum atomic E-state index is -0.955. The Morgan fingerprint density at radius 2 is 1.04 bits per heavy atom. The third-order valence-corrected chi connectivity index (χ3v) is 3.40. The molecule has 0 bridgehead atoms. The number of carbonyl (C=O) groups excluding carboxylic acids is 2. The van der Waals surface area contributed by atoms with Gasteiger partial charge in [0.2, 0.25) is 0 Å². The summed E-state index contributed by atoms with van der Waals surface area (Å²) in [6.07, 6.45) is 7.61. The van der Waals surface area contributed by atoms with E-state index < -0.39 is 11.9 Å². The van der Waals surface area contributed by atoms with E-state index in [4.69, 9.17) is 23.2 Å². The summed E-state index contributed by atoms with van der Waals surface area (Å²) in [4.78, 5) is 19.9. The summed E-state index contributed by atoms with van der Waals surface area (Å²) in [7, 11) is 0. The van der Waals surface area contributed by atoms with Crippen LogP contribution in [0.15, 0.2) is 0 Å². The van der Waals surface area contributed by atoms with Crippen molar-refractivity contribution in [2.75, 3.05) is 0 Å². The molecule has 0 amide bonds. The van der Waals surface area contributed by atoms with E-state index >= 15 is 0 Å². The number of carboxylic acids is 2. The maximum absolute atomic E-state index is 9.96. The van der Waals surface area contributed by atoms with E-state index in [1.807, 2.05) is 13.8 Å². The topological polar surface area (TPSA) is 80.3 Å². The van der Waals surface area contributed by atoms with Crippen LogP contribution in [0, 0.1) is 0 Å². The van der Waals surface area contributed by atoms with Crippen molar-refractivity contribution in [1.82, 2.24) is 0 Å². The molecule has 0 aromatic carbocycles. The number of carbonyl (C=O) groups is 2. The summed E-state index contributed by atoms with van der Waals surface area (Å²) >= 11 is 11.4. The van der Waals surface area contributed by atoms with E-state index in [0.29, 0.717) is 12.8 Å². The zero-order chi connectivity index (χ0) is 17.4. The Kier molecular flexibility index (Phi) is 25.9. The molecular formula is C16H28CaCl2O4. The van der Waals surface area contributed by atoms with Crippen molar-refractivity contribution < 1.29 is 19.8 Å². The third-order valence-electron chi connectivity index (χ3n) is 2.97. The number of unbranched alkanes of at least 4 members (excludes halogenated alkanes) is 4. The Hall–Kier alpha value is 0.780. The van der Waals surface area contributed by atoms with Gasteiger partial charge in [-0.1, -0.05) is 25.7 Å². The van der Waals surface area contributed by atoms with Gasteiger partial charge in [0.25, 0.3) is 0 Å². The standard InChI is InChI=1S/2C8H15ClO2.Ca/c2*1-7(9)5-3-2-4-6-8(10)11;/h2*7H,2-6H2,1H3,(H,10,11);/q;;+2/p-2. The fraction of sp³-hybridized carbons (Fsp3) is 0.875. The van der Waals surface area contributed by atoms with E-state index in [1.54, 1.807) is 0 Å². The van der Waals surface area contributed by atoms with Crippen LogP contribution < -0.4 is 10.2 Å². The minimum absolute atomic E-state index is 0. The van der Waals surface area contributed by atoms with Gasteiger partial charge in [-0.2, -0.15) is 0 Å². The number of rotatable bonds is 12. The molecule has 0 heterocycles. The van der Waals surface area contributed by atoms with Crippen molar-refractivity contribution in [1.29, 1.82) is 0 Å². The van der Waals surface area contributed by atoms with Crippen molar-refractivity contribution in [3.63, 3.8) is 0 Å². The molecule has 0 aromatic rings. The van der Waals surface area contributed by atoms with Crippen LogP contribution in [0.25, 0.3) is 0 Å². The first kappa shape index (κ1) is 28.6. The van der Waals surface area contributed by atoms with Crippen molar-refractivity contribution >= 4 is 72.9 Å². The summed E-state index contributed by atoms with van der Waals surface area (Å²) in [6.45, 7) is 3.89. The zero-order valence-corrected chi connectivity index (χ0v) is 18.0. The first-order valence-corrected chi connectivity index (χ1v) is 8.80. The Morgan fingerprint density at radius 1 is 0.739 bits per heavy atom. The molecule has 0 aliphatic carbocycles. The summed E-state index contributed by atoms with van der Waals surface area (Å²) in [5, 5.41) is 20.3. The average Bonchev–Trinajstić information content (AvgIpc) is 2.37. The van der Waals surface area contributed by atoms with E-state index in [0.717, 1.165) is 38.5 Å². The molecule has 4 nitrogen and oxygen atoms in total.